The van der Waals surface area contributed by atoms with Gasteiger partial charge in [0.2, 0.25) is 0 Å². The maximum absolute atomic E-state index is 10.8. The second-order valence-electron chi connectivity index (χ2n) is 3.68. The Balaban J connectivity index is 2.55. The number of phenolic OH excluding ortho intramolecular Hbond substituents is 1. The van der Waals surface area contributed by atoms with Gasteiger partial charge in [0.1, 0.15) is 17.2 Å². The highest BCUT2D eigenvalue weighted by atomic mass is 35.5. The van der Waals surface area contributed by atoms with Gasteiger partial charge < -0.3 is 10.9 Å². The molecule has 102 valence electrons. The van der Waals surface area contributed by atoms with E-state index in [1.165, 1.54) is 24.3 Å². The molecule has 1 aromatic heterocycles. The summed E-state index contributed by atoms with van der Waals surface area (Å²) in [6.45, 7) is 0. The molecule has 0 saturated heterocycles. The summed E-state index contributed by atoms with van der Waals surface area (Å²) >= 11 is 5.62. The zero-order valence-electron chi connectivity index (χ0n) is 9.89. The number of hydrazone groups is 1. The molecule has 3 N–H and O–H groups in total. The molecule has 0 aliphatic carbocycles. The van der Waals surface area contributed by atoms with Crippen molar-refractivity contribution in [2.24, 2.45) is 10.9 Å². The highest BCUT2D eigenvalue weighted by Crippen LogP contribution is 2.25. The normalized spacial score (nSPS) is 11.3. The van der Waals surface area contributed by atoms with E-state index in [0.29, 0.717) is 0 Å². The van der Waals surface area contributed by atoms with Crippen molar-refractivity contribution in [1.29, 1.82) is 0 Å². The lowest BCUT2D eigenvalue weighted by Crippen LogP contribution is -2.10. The Labute approximate surface area is 117 Å². The minimum absolute atomic E-state index is 0.0652. The topological polar surface area (TPSA) is 128 Å². The summed E-state index contributed by atoms with van der Waals surface area (Å²) in [5.41, 5.74) is 0.169. The SMILES string of the molecule is NN=C(c1ccc(Cl)nn1)c1cc([N+](=O)[O-])ccc1O. The fourth-order valence-corrected chi connectivity index (χ4v) is 1.64. The van der Waals surface area contributed by atoms with Crippen molar-refractivity contribution >= 4 is 23.0 Å². The van der Waals surface area contributed by atoms with Crippen LogP contribution in [0.25, 0.3) is 0 Å². The maximum Gasteiger partial charge on any atom is 0.270 e. The number of non-ortho nitro benzene ring substituents is 1. The van der Waals surface area contributed by atoms with Crippen LogP contribution < -0.4 is 5.84 Å². The summed E-state index contributed by atoms with van der Waals surface area (Å²) in [5.74, 6) is 5.06. The van der Waals surface area contributed by atoms with Gasteiger partial charge in [-0.05, 0) is 18.2 Å². The van der Waals surface area contributed by atoms with Gasteiger partial charge in [0.05, 0.1) is 10.5 Å². The van der Waals surface area contributed by atoms with Crippen LogP contribution in [-0.2, 0) is 0 Å². The maximum atomic E-state index is 10.8. The van der Waals surface area contributed by atoms with E-state index in [1.807, 2.05) is 0 Å². The average molecular weight is 294 g/mol. The van der Waals surface area contributed by atoms with Gasteiger partial charge in [-0.25, -0.2) is 0 Å². The zero-order valence-corrected chi connectivity index (χ0v) is 10.7. The van der Waals surface area contributed by atoms with Crippen molar-refractivity contribution in [3.63, 3.8) is 0 Å². The third-order valence-corrected chi connectivity index (χ3v) is 2.65. The number of nitro groups is 1. The Morgan fingerprint density at radius 2 is 2.10 bits per heavy atom. The lowest BCUT2D eigenvalue weighted by molar-refractivity contribution is -0.384. The molecule has 0 radical (unpaired) electrons. The molecular weight excluding hydrogens is 286 g/mol. The number of rotatable bonds is 3. The molecule has 0 aliphatic rings. The number of phenols is 1. The average Bonchev–Trinajstić information content (AvgIpc) is 2.43. The minimum Gasteiger partial charge on any atom is -0.507 e. The Bertz CT molecular complexity index is 687. The molecule has 1 heterocycles. The summed E-state index contributed by atoms with van der Waals surface area (Å²) < 4.78 is 0. The molecule has 0 bridgehead atoms. The molecule has 0 saturated carbocycles. The Hall–Kier alpha value is -2.74. The van der Waals surface area contributed by atoms with Crippen LogP contribution in [0.5, 0.6) is 5.75 Å². The number of nitro benzene ring substituents is 1. The van der Waals surface area contributed by atoms with Crippen molar-refractivity contribution in [1.82, 2.24) is 10.2 Å². The van der Waals surface area contributed by atoms with Gasteiger partial charge in [-0.2, -0.15) is 5.10 Å². The highest BCUT2D eigenvalue weighted by Gasteiger charge is 2.17. The van der Waals surface area contributed by atoms with Gasteiger partial charge in [-0.1, -0.05) is 11.6 Å². The number of aromatic hydroxyl groups is 1. The van der Waals surface area contributed by atoms with Crippen LogP contribution in [0, 0.1) is 10.1 Å². The van der Waals surface area contributed by atoms with E-state index in [4.69, 9.17) is 17.4 Å². The third kappa shape index (κ3) is 2.64. The fourth-order valence-electron chi connectivity index (χ4n) is 1.54. The van der Waals surface area contributed by atoms with Gasteiger partial charge >= 0.3 is 0 Å². The Morgan fingerprint density at radius 1 is 1.35 bits per heavy atom. The second kappa shape index (κ2) is 5.49. The first kappa shape index (κ1) is 13.7. The van der Waals surface area contributed by atoms with Crippen LogP contribution in [0.2, 0.25) is 5.15 Å². The number of nitrogens with two attached hydrogens (primary N) is 1. The predicted octanol–water partition coefficient (Wildman–Crippen LogP) is 1.45. The van der Waals surface area contributed by atoms with Crippen molar-refractivity contribution in [3.8, 4) is 5.75 Å². The molecule has 0 fully saturated rings. The van der Waals surface area contributed by atoms with Gasteiger partial charge in [0, 0.05) is 12.1 Å². The lowest BCUT2D eigenvalue weighted by Gasteiger charge is -2.06. The molecule has 0 unspecified atom stereocenters. The highest BCUT2D eigenvalue weighted by molar-refractivity contribution is 6.29. The third-order valence-electron chi connectivity index (χ3n) is 2.45. The van der Waals surface area contributed by atoms with Crippen molar-refractivity contribution < 1.29 is 10.0 Å². The summed E-state index contributed by atoms with van der Waals surface area (Å²) in [5, 5.41) is 31.6. The molecule has 20 heavy (non-hydrogen) atoms. The van der Waals surface area contributed by atoms with E-state index in [-0.39, 0.29) is 33.6 Å². The molecule has 0 atom stereocenters. The number of hydrogen-bond acceptors (Lipinski definition) is 7. The van der Waals surface area contributed by atoms with Gasteiger partial charge in [0.15, 0.2) is 5.15 Å². The van der Waals surface area contributed by atoms with Crippen LogP contribution >= 0.6 is 11.6 Å². The summed E-state index contributed by atoms with van der Waals surface area (Å²) in [6, 6.07) is 6.45. The van der Waals surface area contributed by atoms with E-state index in [1.54, 1.807) is 0 Å². The summed E-state index contributed by atoms with van der Waals surface area (Å²) in [4.78, 5) is 10.2. The quantitative estimate of drug-likeness (QED) is 0.381. The minimum atomic E-state index is -0.593. The van der Waals surface area contributed by atoms with Crippen LogP contribution in [0.4, 0.5) is 5.69 Å². The first-order chi connectivity index (χ1) is 9.52. The molecule has 1 aromatic carbocycles. The number of aromatic nitrogens is 2. The largest absolute Gasteiger partial charge is 0.507 e. The molecule has 0 aliphatic heterocycles. The first-order valence-electron chi connectivity index (χ1n) is 5.28. The predicted molar refractivity (Wildman–Crippen MR) is 71.6 cm³/mol. The monoisotopic (exact) mass is 293 g/mol. The number of hydrogen-bond donors (Lipinski definition) is 2. The van der Waals surface area contributed by atoms with Crippen LogP contribution in [0.3, 0.4) is 0 Å². The molecule has 2 rings (SSSR count). The van der Waals surface area contributed by atoms with Crippen LogP contribution in [-0.4, -0.2) is 25.9 Å². The van der Waals surface area contributed by atoms with E-state index in [0.717, 1.165) is 6.07 Å². The number of halogens is 1. The number of nitrogens with zero attached hydrogens (tertiary/aromatic N) is 4. The zero-order chi connectivity index (χ0) is 14.7. The molecule has 9 heteroatoms. The number of benzene rings is 1. The summed E-state index contributed by atoms with van der Waals surface area (Å²) in [6.07, 6.45) is 0. The lowest BCUT2D eigenvalue weighted by atomic mass is 10.1. The van der Waals surface area contributed by atoms with Gasteiger partial charge in [-0.3, -0.25) is 10.1 Å². The van der Waals surface area contributed by atoms with Crippen molar-refractivity contribution in [2.75, 3.05) is 0 Å². The van der Waals surface area contributed by atoms with Gasteiger partial charge in [-0.15, -0.1) is 10.2 Å². The van der Waals surface area contributed by atoms with Crippen molar-refractivity contribution in [3.05, 3.63) is 56.9 Å². The second-order valence-corrected chi connectivity index (χ2v) is 4.06. The fraction of sp³-hybridized carbons (Fsp3) is 0. The Kier molecular flexibility index (Phi) is 3.76. The first-order valence-corrected chi connectivity index (χ1v) is 5.66. The Morgan fingerprint density at radius 3 is 2.65 bits per heavy atom. The molecular formula is C11H8ClN5O3. The summed E-state index contributed by atoms with van der Waals surface area (Å²) in [7, 11) is 0. The smallest absolute Gasteiger partial charge is 0.270 e. The van der Waals surface area contributed by atoms with E-state index in [9.17, 15) is 15.2 Å². The van der Waals surface area contributed by atoms with E-state index in [2.05, 4.69) is 15.3 Å². The van der Waals surface area contributed by atoms with Crippen LogP contribution in [0.1, 0.15) is 11.3 Å². The van der Waals surface area contributed by atoms with Crippen LogP contribution in [0.15, 0.2) is 35.4 Å². The van der Waals surface area contributed by atoms with E-state index < -0.39 is 4.92 Å². The standard InChI is InChI=1S/C11H8ClN5O3/c12-10-4-2-8(15-16-10)11(14-13)7-5-6(17(19)20)1-3-9(7)18/h1-5,18H,13H2. The molecule has 0 spiro atoms. The van der Waals surface area contributed by atoms with Crippen molar-refractivity contribution in [2.45, 2.75) is 0 Å². The van der Waals surface area contributed by atoms with Gasteiger partial charge in [0.25, 0.3) is 5.69 Å². The molecule has 8 nitrogen and oxygen atoms in total. The molecule has 0 amide bonds. The molecule has 2 aromatic rings. The van der Waals surface area contributed by atoms with E-state index >= 15 is 0 Å².